The fraction of sp³-hybridized carbons (Fsp3) is 0.250. The molecule has 1 heterocycles. The van der Waals surface area contributed by atoms with Crippen LogP contribution in [0.4, 0.5) is 0 Å². The van der Waals surface area contributed by atoms with Crippen LogP contribution in [0.1, 0.15) is 10.5 Å². The number of H-pyrrole nitrogens is 1. The molecular weight excluding hydrogens is 170 g/mol. The van der Waals surface area contributed by atoms with E-state index in [-0.39, 0.29) is 18.4 Å². The number of nitrogens with one attached hydrogen (secondary N) is 3. The highest BCUT2D eigenvalue weighted by Gasteiger charge is 2.06. The minimum atomic E-state index is -0.284. The van der Waals surface area contributed by atoms with Gasteiger partial charge in [-0.15, -0.1) is 0 Å². The van der Waals surface area contributed by atoms with Crippen LogP contribution in [-0.4, -0.2) is 30.4 Å². The maximum Gasteiger partial charge on any atom is 0.268 e. The minimum absolute atomic E-state index is 0.00560. The summed E-state index contributed by atoms with van der Waals surface area (Å²) in [5, 5.41) is 4.86. The molecule has 1 rings (SSSR count). The van der Waals surface area contributed by atoms with E-state index in [4.69, 9.17) is 0 Å². The molecule has 1 aromatic heterocycles. The van der Waals surface area contributed by atoms with Crippen molar-refractivity contribution < 1.29 is 9.59 Å². The molecule has 2 amide bonds. The Bertz CT molecular complexity index is 292. The van der Waals surface area contributed by atoms with Crippen LogP contribution in [0.2, 0.25) is 0 Å². The minimum Gasteiger partial charge on any atom is -0.358 e. The second kappa shape index (κ2) is 4.30. The van der Waals surface area contributed by atoms with Gasteiger partial charge in [-0.2, -0.15) is 0 Å². The summed E-state index contributed by atoms with van der Waals surface area (Å²) >= 11 is 0. The number of likely N-dealkylation sites (N-methyl/N-ethyl adjacent to an activating group) is 1. The average molecular weight is 181 g/mol. The van der Waals surface area contributed by atoms with Crippen LogP contribution in [0.5, 0.6) is 0 Å². The molecule has 0 aliphatic heterocycles. The van der Waals surface area contributed by atoms with Gasteiger partial charge in [0.1, 0.15) is 5.69 Å². The Hall–Kier alpha value is -1.78. The third-order valence-electron chi connectivity index (χ3n) is 1.53. The van der Waals surface area contributed by atoms with Crippen molar-refractivity contribution in [2.75, 3.05) is 13.6 Å². The third-order valence-corrected chi connectivity index (χ3v) is 1.53. The molecule has 0 atom stereocenters. The van der Waals surface area contributed by atoms with Gasteiger partial charge in [0, 0.05) is 13.2 Å². The molecule has 0 radical (unpaired) electrons. The Balaban J connectivity index is 2.39. The molecular formula is C8H11N3O2. The fourth-order valence-electron chi connectivity index (χ4n) is 0.816. The first-order valence-electron chi connectivity index (χ1n) is 3.86. The lowest BCUT2D eigenvalue weighted by atomic mass is 10.4. The van der Waals surface area contributed by atoms with Crippen molar-refractivity contribution in [2.45, 2.75) is 0 Å². The van der Waals surface area contributed by atoms with E-state index >= 15 is 0 Å². The van der Waals surface area contributed by atoms with Crippen LogP contribution < -0.4 is 10.6 Å². The Morgan fingerprint density at radius 1 is 1.54 bits per heavy atom. The van der Waals surface area contributed by atoms with Gasteiger partial charge in [-0.1, -0.05) is 0 Å². The monoisotopic (exact) mass is 181 g/mol. The molecule has 3 N–H and O–H groups in total. The van der Waals surface area contributed by atoms with Crippen LogP contribution >= 0.6 is 0 Å². The van der Waals surface area contributed by atoms with E-state index in [9.17, 15) is 9.59 Å². The van der Waals surface area contributed by atoms with Crippen LogP contribution in [0.3, 0.4) is 0 Å². The van der Waals surface area contributed by atoms with Gasteiger partial charge in [0.15, 0.2) is 0 Å². The van der Waals surface area contributed by atoms with E-state index in [1.807, 2.05) is 0 Å². The van der Waals surface area contributed by atoms with E-state index in [2.05, 4.69) is 15.6 Å². The molecule has 1 aromatic rings. The zero-order valence-corrected chi connectivity index (χ0v) is 7.26. The van der Waals surface area contributed by atoms with Gasteiger partial charge in [-0.25, -0.2) is 0 Å². The van der Waals surface area contributed by atoms with Crippen LogP contribution in [-0.2, 0) is 4.79 Å². The molecule has 13 heavy (non-hydrogen) atoms. The topological polar surface area (TPSA) is 74.0 Å². The fourth-order valence-corrected chi connectivity index (χ4v) is 0.816. The number of carbonyl (C=O) groups is 2. The first-order chi connectivity index (χ1) is 6.24. The number of amides is 2. The van der Waals surface area contributed by atoms with Gasteiger partial charge in [0.25, 0.3) is 5.91 Å². The number of hydrogen-bond acceptors (Lipinski definition) is 2. The molecule has 5 heteroatoms. The first kappa shape index (κ1) is 9.31. The standard InChI is InChI=1S/C8H11N3O2/c1-9-7(12)5-11-8(13)6-3-2-4-10-6/h2-4,10H,5H2,1H3,(H,9,12)(H,11,13). The molecule has 0 spiro atoms. The van der Waals surface area contributed by atoms with E-state index in [0.717, 1.165) is 0 Å². The summed E-state index contributed by atoms with van der Waals surface area (Å²) in [6.07, 6.45) is 1.65. The molecule has 0 aliphatic carbocycles. The zero-order chi connectivity index (χ0) is 9.68. The predicted octanol–water partition coefficient (Wildman–Crippen LogP) is -0.510. The molecule has 0 saturated heterocycles. The highest BCUT2D eigenvalue weighted by molar-refractivity contribution is 5.94. The molecule has 0 fully saturated rings. The number of aromatic nitrogens is 1. The van der Waals surface area contributed by atoms with E-state index in [1.54, 1.807) is 18.3 Å². The Morgan fingerprint density at radius 3 is 2.85 bits per heavy atom. The predicted molar refractivity (Wildman–Crippen MR) is 47.2 cm³/mol. The van der Waals surface area contributed by atoms with E-state index in [1.165, 1.54) is 7.05 Å². The lowest BCUT2D eigenvalue weighted by Crippen LogP contribution is -2.35. The normalized spacial score (nSPS) is 9.31. The largest absolute Gasteiger partial charge is 0.358 e. The molecule has 0 aromatic carbocycles. The number of aromatic amines is 1. The van der Waals surface area contributed by atoms with Gasteiger partial charge >= 0.3 is 0 Å². The number of carbonyl (C=O) groups excluding carboxylic acids is 2. The molecule has 0 unspecified atom stereocenters. The highest BCUT2D eigenvalue weighted by Crippen LogP contribution is 1.92. The van der Waals surface area contributed by atoms with Crippen molar-refractivity contribution in [2.24, 2.45) is 0 Å². The SMILES string of the molecule is CNC(=O)CNC(=O)c1ccc[nH]1. The maximum atomic E-state index is 11.2. The average Bonchev–Trinajstić information content (AvgIpc) is 2.66. The van der Waals surface area contributed by atoms with Gasteiger partial charge in [0.05, 0.1) is 6.54 Å². The number of rotatable bonds is 3. The number of hydrogen-bond donors (Lipinski definition) is 3. The van der Waals surface area contributed by atoms with Crippen LogP contribution in [0.25, 0.3) is 0 Å². The zero-order valence-electron chi connectivity index (χ0n) is 7.26. The summed E-state index contributed by atoms with van der Waals surface area (Å²) in [4.78, 5) is 24.7. The quantitative estimate of drug-likeness (QED) is 0.587. The van der Waals surface area contributed by atoms with Crippen molar-refractivity contribution in [1.29, 1.82) is 0 Å². The molecule has 0 bridgehead atoms. The lowest BCUT2D eigenvalue weighted by molar-refractivity contribution is -0.119. The van der Waals surface area contributed by atoms with Crippen LogP contribution in [0.15, 0.2) is 18.3 Å². The van der Waals surface area contributed by atoms with Crippen molar-refractivity contribution >= 4 is 11.8 Å². The Morgan fingerprint density at radius 2 is 2.31 bits per heavy atom. The summed E-state index contributed by atoms with van der Waals surface area (Å²) < 4.78 is 0. The second-order valence-corrected chi connectivity index (χ2v) is 2.44. The smallest absolute Gasteiger partial charge is 0.268 e. The van der Waals surface area contributed by atoms with Gasteiger partial charge in [0.2, 0.25) is 5.91 Å². The molecule has 0 aliphatic rings. The van der Waals surface area contributed by atoms with Gasteiger partial charge < -0.3 is 15.6 Å². The Kier molecular flexibility index (Phi) is 3.08. The first-order valence-corrected chi connectivity index (χ1v) is 3.86. The van der Waals surface area contributed by atoms with Crippen LogP contribution in [0, 0.1) is 0 Å². The summed E-state index contributed by atoms with van der Waals surface area (Å²) in [5.74, 6) is -0.506. The highest BCUT2D eigenvalue weighted by atomic mass is 16.2. The summed E-state index contributed by atoms with van der Waals surface area (Å²) in [5.41, 5.74) is 0.448. The van der Waals surface area contributed by atoms with Crippen molar-refractivity contribution in [3.8, 4) is 0 Å². The van der Waals surface area contributed by atoms with Gasteiger partial charge in [-0.3, -0.25) is 9.59 Å². The van der Waals surface area contributed by atoms with Gasteiger partial charge in [-0.05, 0) is 12.1 Å². The lowest BCUT2D eigenvalue weighted by Gasteiger charge is -2.01. The third kappa shape index (κ3) is 2.62. The van der Waals surface area contributed by atoms with Crippen molar-refractivity contribution in [3.63, 3.8) is 0 Å². The molecule has 5 nitrogen and oxygen atoms in total. The Labute approximate surface area is 75.5 Å². The summed E-state index contributed by atoms with van der Waals surface area (Å²) in [6.45, 7) is -0.00560. The summed E-state index contributed by atoms with van der Waals surface area (Å²) in [7, 11) is 1.52. The van der Waals surface area contributed by atoms with Crippen molar-refractivity contribution in [1.82, 2.24) is 15.6 Å². The van der Waals surface area contributed by atoms with Crippen molar-refractivity contribution in [3.05, 3.63) is 24.0 Å². The molecule has 70 valence electrons. The van der Waals surface area contributed by atoms with E-state index < -0.39 is 0 Å². The second-order valence-electron chi connectivity index (χ2n) is 2.44. The summed E-state index contributed by atoms with van der Waals surface area (Å²) in [6, 6.07) is 3.36. The maximum absolute atomic E-state index is 11.2. The van der Waals surface area contributed by atoms with E-state index in [0.29, 0.717) is 5.69 Å². The molecule has 0 saturated carbocycles.